The molecule has 0 spiro atoms. The Labute approximate surface area is 435 Å². The van der Waals surface area contributed by atoms with Crippen LogP contribution in [0.15, 0.2) is 122 Å². The molecule has 3 aromatic carbocycles. The fraction of sp³-hybridized carbons (Fsp3) is 0.353. The molecule has 2 saturated carbocycles. The Hall–Kier alpha value is -5.84. The predicted octanol–water partition coefficient (Wildman–Crippen LogP) is 11.1. The molecule has 2 aliphatic rings. The van der Waals surface area contributed by atoms with Crippen molar-refractivity contribution in [1.82, 2.24) is 9.97 Å². The first kappa shape index (κ1) is 56.1. The highest BCUT2D eigenvalue weighted by molar-refractivity contribution is 6.52. The van der Waals surface area contributed by atoms with Crippen LogP contribution in [0, 0.1) is 0 Å². The first-order valence-electron chi connectivity index (χ1n) is 21.8. The highest BCUT2D eigenvalue weighted by atomic mass is 35.5. The van der Waals surface area contributed by atoms with E-state index in [-0.39, 0.29) is 36.2 Å². The second kappa shape index (κ2) is 23.6. The van der Waals surface area contributed by atoms with Gasteiger partial charge in [0.2, 0.25) is 0 Å². The number of aliphatic carboxylic acids is 2. The standard InChI is InChI=1S/C25H23ClN2O7.2C13H14Cl2O3/c1-25(2,35-20-9-7-19(26)8-10-20)24(31)34-21(15-32-22(29)17-5-3-11-27-13-17)16-33-23(30)18-6-4-12-28-14-18;2*1-12(2,11(16)17)18-9-5-3-8(4-6-9)10-7-13(10,14)15/h3-14,21H,15-16H2,1-2H3;2*3-6,10H,7H2,1-2H3,(H,16,17). The van der Waals surface area contributed by atoms with E-state index in [2.05, 4.69) is 9.97 Å². The Balaban J connectivity index is 0.000000218. The summed E-state index contributed by atoms with van der Waals surface area (Å²) < 4.78 is 31.3. The second-order valence-electron chi connectivity index (χ2n) is 17.8. The van der Waals surface area contributed by atoms with Gasteiger partial charge in [0.15, 0.2) is 22.9 Å². The van der Waals surface area contributed by atoms with Gasteiger partial charge in [0, 0.05) is 41.6 Å². The highest BCUT2D eigenvalue weighted by Crippen LogP contribution is 2.60. The number of benzene rings is 3. The molecule has 15 nitrogen and oxygen atoms in total. The van der Waals surface area contributed by atoms with E-state index in [1.54, 1.807) is 60.7 Å². The van der Waals surface area contributed by atoms with Crippen LogP contribution in [-0.4, -0.2) is 94.8 Å². The summed E-state index contributed by atoms with van der Waals surface area (Å²) in [4.78, 5) is 67.1. The van der Waals surface area contributed by atoms with Gasteiger partial charge in [-0.2, -0.15) is 0 Å². The number of aromatic nitrogens is 2. The zero-order valence-corrected chi connectivity index (χ0v) is 43.1. The largest absolute Gasteiger partial charge is 0.478 e. The first-order valence-corrected chi connectivity index (χ1v) is 23.7. The lowest BCUT2D eigenvalue weighted by molar-refractivity contribution is -0.169. The number of carboxylic acids is 2. The number of nitrogens with zero attached hydrogens (tertiary/aromatic N) is 2. The third-order valence-corrected chi connectivity index (χ3v) is 12.5. The minimum absolute atomic E-state index is 0.155. The number of ether oxygens (including phenoxy) is 6. The molecule has 2 atom stereocenters. The SMILES string of the molecule is CC(C)(Oc1ccc(C2CC2(Cl)Cl)cc1)C(=O)O.CC(C)(Oc1ccc(C2CC2(Cl)Cl)cc1)C(=O)O.CC(C)(Oc1ccc(Cl)cc1)C(=O)OC(COC(=O)c1cccnc1)COC(=O)c1cccnc1. The van der Waals surface area contributed by atoms with Gasteiger partial charge in [-0.1, -0.05) is 35.9 Å². The smallest absolute Gasteiger partial charge is 0.350 e. The first-order chi connectivity index (χ1) is 33.2. The molecular formula is C51H51Cl5N2O13. The lowest BCUT2D eigenvalue weighted by Crippen LogP contribution is -2.43. The Kier molecular flexibility index (Phi) is 18.6. The van der Waals surface area contributed by atoms with E-state index >= 15 is 0 Å². The van der Waals surface area contributed by atoms with Gasteiger partial charge in [0.1, 0.15) is 39.1 Å². The Morgan fingerprint density at radius 2 is 0.915 bits per heavy atom. The van der Waals surface area contributed by atoms with Crippen molar-refractivity contribution in [2.24, 2.45) is 0 Å². The molecular weight excluding hydrogens is 1030 g/mol. The molecule has 71 heavy (non-hydrogen) atoms. The number of carbonyl (C=O) groups is 5. The summed E-state index contributed by atoms with van der Waals surface area (Å²) >= 11 is 29.8. The maximum absolute atomic E-state index is 12.9. The summed E-state index contributed by atoms with van der Waals surface area (Å²) in [6.07, 6.45) is 6.11. The summed E-state index contributed by atoms with van der Waals surface area (Å²) in [5, 5.41) is 18.4. The molecule has 0 radical (unpaired) electrons. The van der Waals surface area contributed by atoms with E-state index in [1.165, 1.54) is 78.5 Å². The molecule has 0 amide bonds. The van der Waals surface area contributed by atoms with Gasteiger partial charge in [0.05, 0.1) is 11.1 Å². The summed E-state index contributed by atoms with van der Waals surface area (Å²) in [6, 6.07) is 27.1. The molecule has 7 rings (SSSR count). The zero-order chi connectivity index (χ0) is 52.4. The maximum atomic E-state index is 12.9. The molecule has 2 N–H and O–H groups in total. The van der Waals surface area contributed by atoms with E-state index in [1.807, 2.05) is 24.3 Å². The van der Waals surface area contributed by atoms with Crippen LogP contribution in [0.25, 0.3) is 0 Å². The third-order valence-electron chi connectivity index (χ3n) is 10.5. The molecule has 2 aromatic heterocycles. The van der Waals surface area contributed by atoms with Crippen molar-refractivity contribution in [2.45, 2.75) is 97.8 Å². The van der Waals surface area contributed by atoms with Gasteiger partial charge in [-0.15, -0.1) is 46.4 Å². The molecule has 2 aliphatic carbocycles. The summed E-state index contributed by atoms with van der Waals surface area (Å²) in [6.45, 7) is 8.33. The van der Waals surface area contributed by atoms with Crippen LogP contribution in [0.1, 0.15) is 98.1 Å². The van der Waals surface area contributed by atoms with Crippen LogP contribution in [0.4, 0.5) is 0 Å². The van der Waals surface area contributed by atoms with Crippen LogP contribution in [-0.2, 0) is 28.6 Å². The fourth-order valence-electron chi connectivity index (χ4n) is 6.08. The van der Waals surface area contributed by atoms with Crippen molar-refractivity contribution < 1.29 is 62.6 Å². The van der Waals surface area contributed by atoms with Crippen molar-refractivity contribution >= 4 is 87.9 Å². The zero-order valence-electron chi connectivity index (χ0n) is 39.3. The van der Waals surface area contributed by atoms with Gasteiger partial charge in [-0.05, 0) is 138 Å². The fourth-order valence-corrected chi connectivity index (χ4v) is 7.33. The van der Waals surface area contributed by atoms with Gasteiger partial charge in [0.25, 0.3) is 0 Å². The molecule has 2 heterocycles. The monoisotopic (exact) mass is 1070 g/mol. The van der Waals surface area contributed by atoms with Crippen molar-refractivity contribution in [1.29, 1.82) is 0 Å². The Bertz CT molecular complexity index is 2470. The molecule has 5 aromatic rings. The molecule has 20 heteroatoms. The van der Waals surface area contributed by atoms with Crippen LogP contribution in [0.5, 0.6) is 17.2 Å². The Morgan fingerprint density at radius 1 is 0.577 bits per heavy atom. The molecule has 378 valence electrons. The van der Waals surface area contributed by atoms with E-state index < -0.39 is 61.4 Å². The quantitative estimate of drug-likeness (QED) is 0.0475. The average molecular weight is 1080 g/mol. The molecule has 0 saturated heterocycles. The van der Waals surface area contributed by atoms with E-state index in [9.17, 15) is 24.0 Å². The second-order valence-corrected chi connectivity index (χ2v) is 21.3. The van der Waals surface area contributed by atoms with Crippen molar-refractivity contribution in [2.75, 3.05) is 13.2 Å². The van der Waals surface area contributed by atoms with Gasteiger partial charge < -0.3 is 38.6 Å². The highest BCUT2D eigenvalue weighted by Gasteiger charge is 2.53. The number of carbonyl (C=O) groups excluding carboxylic acids is 3. The summed E-state index contributed by atoms with van der Waals surface area (Å²) in [5.41, 5.74) is -1.38. The molecule has 0 aliphatic heterocycles. The maximum Gasteiger partial charge on any atom is 0.350 e. The van der Waals surface area contributed by atoms with Crippen LogP contribution in [0.2, 0.25) is 5.02 Å². The van der Waals surface area contributed by atoms with Gasteiger partial charge in [-0.25, -0.2) is 24.0 Å². The van der Waals surface area contributed by atoms with Crippen LogP contribution in [0.3, 0.4) is 0 Å². The number of pyridine rings is 2. The molecule has 2 fully saturated rings. The van der Waals surface area contributed by atoms with Crippen molar-refractivity contribution in [3.63, 3.8) is 0 Å². The number of esters is 3. The van der Waals surface area contributed by atoms with Crippen molar-refractivity contribution in [3.8, 4) is 17.2 Å². The van der Waals surface area contributed by atoms with Gasteiger partial charge in [-0.3, -0.25) is 9.97 Å². The predicted molar refractivity (Wildman–Crippen MR) is 266 cm³/mol. The number of rotatable bonds is 18. The number of alkyl halides is 4. The minimum atomic E-state index is -1.41. The van der Waals surface area contributed by atoms with Crippen LogP contribution >= 0.6 is 58.0 Å². The van der Waals surface area contributed by atoms with E-state index in [4.69, 9.17) is 96.6 Å². The van der Waals surface area contributed by atoms with E-state index in [0.29, 0.717) is 22.3 Å². The number of carboxylic acid groups (broad SMARTS) is 2. The van der Waals surface area contributed by atoms with E-state index in [0.717, 1.165) is 24.0 Å². The summed E-state index contributed by atoms with van der Waals surface area (Å²) in [5.74, 6) is -2.37. The summed E-state index contributed by atoms with van der Waals surface area (Å²) in [7, 11) is 0. The number of hydrogen-bond donors (Lipinski definition) is 2. The molecule has 2 unspecified atom stereocenters. The normalized spacial score (nSPS) is 16.3. The topological polar surface area (TPSA) is 207 Å². The van der Waals surface area contributed by atoms with Crippen LogP contribution < -0.4 is 14.2 Å². The lowest BCUT2D eigenvalue weighted by atomic mass is 10.1. The third kappa shape index (κ3) is 16.9. The Morgan fingerprint density at radius 3 is 1.23 bits per heavy atom. The van der Waals surface area contributed by atoms with Gasteiger partial charge >= 0.3 is 29.8 Å². The minimum Gasteiger partial charge on any atom is -0.478 e. The lowest BCUT2D eigenvalue weighted by Gasteiger charge is -2.27. The number of halogens is 5. The molecule has 0 bridgehead atoms. The average Bonchev–Trinajstić information content (AvgIpc) is 4.19. The van der Waals surface area contributed by atoms with Crippen molar-refractivity contribution in [3.05, 3.63) is 149 Å². The number of hydrogen-bond acceptors (Lipinski definition) is 13.